The van der Waals surface area contributed by atoms with Crippen LogP contribution in [0.1, 0.15) is 48.9 Å². The van der Waals surface area contributed by atoms with Crippen LogP contribution in [0.15, 0.2) is 127 Å². The summed E-state index contributed by atoms with van der Waals surface area (Å²) in [7, 11) is 0. The second-order valence-corrected chi connectivity index (χ2v) is 11.7. The van der Waals surface area contributed by atoms with Gasteiger partial charge in [0, 0.05) is 16.2 Å². The lowest BCUT2D eigenvalue weighted by molar-refractivity contribution is 0.630. The summed E-state index contributed by atoms with van der Waals surface area (Å²) in [5.41, 5.74) is 14.7. The van der Waals surface area contributed by atoms with Crippen molar-refractivity contribution in [1.29, 1.82) is 0 Å². The molecule has 0 saturated carbocycles. The molecule has 0 bridgehead atoms. The van der Waals surface area contributed by atoms with E-state index in [1.54, 1.807) is 0 Å². The van der Waals surface area contributed by atoms with Crippen molar-refractivity contribution in [3.8, 4) is 16.8 Å². The number of allylic oxidation sites excluding steroid dienone is 4. The molecular formula is C39H31N. The average molecular weight is 514 g/mol. The fraction of sp³-hybridized carbons (Fsp3) is 0.128. The van der Waals surface area contributed by atoms with E-state index in [9.17, 15) is 0 Å². The molecule has 1 aliphatic carbocycles. The van der Waals surface area contributed by atoms with Gasteiger partial charge in [0.25, 0.3) is 0 Å². The highest BCUT2D eigenvalue weighted by molar-refractivity contribution is 6.12. The zero-order valence-electron chi connectivity index (χ0n) is 23.0. The summed E-state index contributed by atoms with van der Waals surface area (Å²) in [5, 5.41) is 2.65. The summed E-state index contributed by atoms with van der Waals surface area (Å²) >= 11 is 0. The molecule has 2 heterocycles. The van der Waals surface area contributed by atoms with Crippen molar-refractivity contribution in [1.82, 2.24) is 4.57 Å². The Hall–Kier alpha value is -4.62. The third kappa shape index (κ3) is 3.41. The fourth-order valence-electron chi connectivity index (χ4n) is 6.99. The van der Waals surface area contributed by atoms with E-state index < -0.39 is 0 Å². The monoisotopic (exact) mass is 513 g/mol. The Bertz CT molecular complexity index is 2000. The first-order chi connectivity index (χ1) is 19.6. The molecule has 2 aliphatic rings. The molecule has 0 radical (unpaired) electrons. The Labute approximate surface area is 235 Å². The van der Waals surface area contributed by atoms with Crippen LogP contribution in [0.3, 0.4) is 0 Å². The summed E-state index contributed by atoms with van der Waals surface area (Å²) in [6.45, 7) is 4.71. The van der Waals surface area contributed by atoms with Crippen molar-refractivity contribution in [3.63, 3.8) is 0 Å². The predicted molar refractivity (Wildman–Crippen MR) is 170 cm³/mol. The number of benzene rings is 5. The number of nitrogens with zero attached hydrogens (tertiary/aromatic N) is 1. The first-order valence-corrected chi connectivity index (χ1v) is 14.3. The highest BCUT2D eigenvalue weighted by Gasteiger charge is 2.34. The number of hydrogen-bond donors (Lipinski definition) is 0. The van der Waals surface area contributed by atoms with E-state index in [0.29, 0.717) is 0 Å². The lowest BCUT2D eigenvalue weighted by Crippen LogP contribution is -2.26. The second kappa shape index (κ2) is 8.69. The molecule has 6 aromatic rings. The maximum Gasteiger partial charge on any atom is 0.0582 e. The van der Waals surface area contributed by atoms with Crippen LogP contribution >= 0.6 is 0 Å². The van der Waals surface area contributed by atoms with Gasteiger partial charge in [-0.15, -0.1) is 0 Å². The van der Waals surface area contributed by atoms with Gasteiger partial charge >= 0.3 is 0 Å². The van der Waals surface area contributed by atoms with Crippen LogP contribution in [0.5, 0.6) is 0 Å². The van der Waals surface area contributed by atoms with Crippen LogP contribution in [0.25, 0.3) is 49.8 Å². The highest BCUT2D eigenvalue weighted by atomic mass is 15.0. The normalized spacial score (nSPS) is 15.6. The van der Waals surface area contributed by atoms with Crippen LogP contribution in [-0.4, -0.2) is 4.57 Å². The third-order valence-electron chi connectivity index (χ3n) is 9.16. The van der Waals surface area contributed by atoms with Crippen molar-refractivity contribution in [3.05, 3.63) is 150 Å². The standard InChI is InChI=1S/C39H31N/c1-39(2)34-12-6-7-14-37(34)40-36-24-23-31(25-33(36)32-11-8-13-35(39)38(32)40)30-21-19-29(20-22-30)28-17-15-27(16-18-28)26-9-4-3-5-10-26/h3-15,17,19-25H,16,18H2,1-2H3. The van der Waals surface area contributed by atoms with E-state index in [1.807, 2.05) is 0 Å². The summed E-state index contributed by atoms with van der Waals surface area (Å²) in [5.74, 6) is 0. The molecule has 0 saturated heterocycles. The van der Waals surface area contributed by atoms with Crippen molar-refractivity contribution >= 4 is 33.0 Å². The third-order valence-corrected chi connectivity index (χ3v) is 9.16. The van der Waals surface area contributed by atoms with Gasteiger partial charge in [-0.1, -0.05) is 123 Å². The number of hydrogen-bond acceptors (Lipinski definition) is 0. The first kappa shape index (κ1) is 23.3. The zero-order chi connectivity index (χ0) is 26.8. The molecule has 1 aromatic heterocycles. The SMILES string of the molecule is CC1(C)c2ccccc2-n2c3ccc(-c4ccc(C5=CC=C(c6ccccc6)CC5)cc4)cc3c3cccc1c32. The van der Waals surface area contributed by atoms with Gasteiger partial charge in [0.15, 0.2) is 0 Å². The quantitative estimate of drug-likeness (QED) is 0.222. The van der Waals surface area contributed by atoms with Crippen LogP contribution in [-0.2, 0) is 5.41 Å². The number of para-hydroxylation sites is 2. The Morgan fingerprint density at radius 2 is 1.15 bits per heavy atom. The second-order valence-electron chi connectivity index (χ2n) is 11.7. The molecule has 1 nitrogen and oxygen atoms in total. The van der Waals surface area contributed by atoms with Crippen LogP contribution in [0.2, 0.25) is 0 Å². The Kier molecular flexibility index (Phi) is 5.06. The number of fused-ring (bicyclic) bond motifs is 5. The molecule has 0 spiro atoms. The molecular weight excluding hydrogens is 482 g/mol. The predicted octanol–water partition coefficient (Wildman–Crippen LogP) is 10.4. The summed E-state index contributed by atoms with van der Waals surface area (Å²) in [6, 6.07) is 42.6. The van der Waals surface area contributed by atoms with Crippen LogP contribution < -0.4 is 0 Å². The molecule has 5 aromatic carbocycles. The Morgan fingerprint density at radius 1 is 0.525 bits per heavy atom. The molecule has 0 N–H and O–H groups in total. The van der Waals surface area contributed by atoms with Gasteiger partial charge in [0.1, 0.15) is 0 Å². The summed E-state index contributed by atoms with van der Waals surface area (Å²) in [4.78, 5) is 0. The Balaban J connectivity index is 1.19. The molecule has 1 aliphatic heterocycles. The molecule has 0 unspecified atom stereocenters. The van der Waals surface area contributed by atoms with Gasteiger partial charge < -0.3 is 4.57 Å². The van der Waals surface area contributed by atoms with Gasteiger partial charge in [-0.25, -0.2) is 0 Å². The van der Waals surface area contributed by atoms with E-state index in [0.717, 1.165) is 12.8 Å². The van der Waals surface area contributed by atoms with E-state index in [2.05, 4.69) is 146 Å². The molecule has 0 atom stereocenters. The van der Waals surface area contributed by atoms with Crippen molar-refractivity contribution in [2.24, 2.45) is 0 Å². The lowest BCUT2D eigenvalue weighted by atomic mass is 9.75. The van der Waals surface area contributed by atoms with Crippen LogP contribution in [0, 0.1) is 0 Å². The summed E-state index contributed by atoms with van der Waals surface area (Å²) in [6.07, 6.45) is 6.76. The van der Waals surface area contributed by atoms with Gasteiger partial charge in [-0.3, -0.25) is 0 Å². The molecule has 8 rings (SSSR count). The van der Waals surface area contributed by atoms with E-state index in [4.69, 9.17) is 0 Å². The largest absolute Gasteiger partial charge is 0.309 e. The van der Waals surface area contributed by atoms with Crippen molar-refractivity contribution < 1.29 is 0 Å². The number of rotatable bonds is 3. The lowest BCUT2D eigenvalue weighted by Gasteiger charge is -2.34. The zero-order valence-corrected chi connectivity index (χ0v) is 23.0. The van der Waals surface area contributed by atoms with Gasteiger partial charge in [-0.2, -0.15) is 0 Å². The average Bonchev–Trinajstić information content (AvgIpc) is 3.35. The van der Waals surface area contributed by atoms with E-state index >= 15 is 0 Å². The maximum atomic E-state index is 2.49. The van der Waals surface area contributed by atoms with Crippen molar-refractivity contribution in [2.45, 2.75) is 32.1 Å². The topological polar surface area (TPSA) is 4.93 Å². The van der Waals surface area contributed by atoms with Gasteiger partial charge in [-0.05, 0) is 75.6 Å². The smallest absolute Gasteiger partial charge is 0.0582 e. The molecule has 192 valence electrons. The first-order valence-electron chi connectivity index (χ1n) is 14.3. The number of aromatic nitrogens is 1. The molecule has 0 fully saturated rings. The highest BCUT2D eigenvalue weighted by Crippen LogP contribution is 2.47. The minimum atomic E-state index is -0.0377. The summed E-state index contributed by atoms with van der Waals surface area (Å²) < 4.78 is 2.49. The van der Waals surface area contributed by atoms with Crippen molar-refractivity contribution in [2.75, 3.05) is 0 Å². The van der Waals surface area contributed by atoms with E-state index in [1.165, 1.54) is 72.0 Å². The minimum Gasteiger partial charge on any atom is -0.309 e. The van der Waals surface area contributed by atoms with Gasteiger partial charge in [0.2, 0.25) is 0 Å². The fourth-order valence-corrected chi connectivity index (χ4v) is 6.99. The van der Waals surface area contributed by atoms with E-state index in [-0.39, 0.29) is 5.41 Å². The van der Waals surface area contributed by atoms with Gasteiger partial charge in [0.05, 0.1) is 16.7 Å². The van der Waals surface area contributed by atoms with Crippen LogP contribution in [0.4, 0.5) is 0 Å². The minimum absolute atomic E-state index is 0.0377. The molecule has 40 heavy (non-hydrogen) atoms. The Morgan fingerprint density at radius 3 is 1.90 bits per heavy atom. The maximum absolute atomic E-state index is 2.49. The molecule has 1 heteroatoms. The molecule has 0 amide bonds.